The Morgan fingerprint density at radius 3 is 2.14 bits per heavy atom. The third-order valence-corrected chi connectivity index (χ3v) is 3.99. The number of anilines is 1. The molecule has 28 heavy (non-hydrogen) atoms. The van der Waals surface area contributed by atoms with Gasteiger partial charge in [0, 0.05) is 12.1 Å². The van der Waals surface area contributed by atoms with Crippen molar-refractivity contribution in [1.82, 2.24) is 4.90 Å². The van der Waals surface area contributed by atoms with E-state index in [2.05, 4.69) is 5.32 Å². The van der Waals surface area contributed by atoms with Crippen LogP contribution in [0.4, 0.5) is 22.7 Å². The van der Waals surface area contributed by atoms with Crippen LogP contribution in [0.25, 0.3) is 0 Å². The Morgan fingerprint density at radius 2 is 1.54 bits per heavy atom. The van der Waals surface area contributed by atoms with Gasteiger partial charge in [0.1, 0.15) is 11.3 Å². The van der Waals surface area contributed by atoms with Gasteiger partial charge in [-0.15, -0.1) is 0 Å². The quantitative estimate of drug-likeness (QED) is 0.441. The number of rotatable bonds is 6. The zero-order chi connectivity index (χ0) is 20.6. The summed E-state index contributed by atoms with van der Waals surface area (Å²) in [5, 5.41) is 35.5. The Kier molecular flexibility index (Phi) is 4.40. The minimum Gasteiger partial charge on any atom is -0.362 e. The maximum Gasteiger partial charge on any atom is 0.299 e. The first-order valence-electron chi connectivity index (χ1n) is 7.52. The summed E-state index contributed by atoms with van der Waals surface area (Å²) < 4.78 is 0. The third kappa shape index (κ3) is 2.96. The van der Waals surface area contributed by atoms with E-state index >= 15 is 0 Å². The molecule has 0 saturated carbocycles. The molecule has 1 N–H and O–H groups in total. The first-order chi connectivity index (χ1) is 13.2. The van der Waals surface area contributed by atoms with Crippen LogP contribution in [0, 0.1) is 30.3 Å². The fourth-order valence-electron chi connectivity index (χ4n) is 2.71. The molecule has 2 aromatic carbocycles. The van der Waals surface area contributed by atoms with E-state index in [0.29, 0.717) is 4.90 Å². The smallest absolute Gasteiger partial charge is 0.299 e. The van der Waals surface area contributed by atoms with Gasteiger partial charge in [0.25, 0.3) is 28.9 Å². The zero-order valence-corrected chi connectivity index (χ0v) is 13.7. The predicted octanol–water partition coefficient (Wildman–Crippen LogP) is 2.08. The molecule has 1 aliphatic rings. The van der Waals surface area contributed by atoms with Gasteiger partial charge < -0.3 is 5.32 Å². The van der Waals surface area contributed by atoms with Crippen molar-refractivity contribution in [2.75, 3.05) is 12.0 Å². The molecule has 2 aromatic rings. The number of nitro groups is 3. The lowest BCUT2D eigenvalue weighted by Gasteiger charge is -2.15. The van der Waals surface area contributed by atoms with Crippen LogP contribution >= 0.6 is 0 Å². The van der Waals surface area contributed by atoms with E-state index < -0.39 is 50.3 Å². The summed E-state index contributed by atoms with van der Waals surface area (Å²) in [6.45, 7) is -0.526. The zero-order valence-electron chi connectivity index (χ0n) is 13.7. The normalized spacial score (nSPS) is 12.6. The second kappa shape index (κ2) is 6.71. The highest BCUT2D eigenvalue weighted by Crippen LogP contribution is 2.32. The van der Waals surface area contributed by atoms with Gasteiger partial charge in [0.15, 0.2) is 0 Å². The van der Waals surface area contributed by atoms with Crippen molar-refractivity contribution in [1.29, 1.82) is 0 Å². The largest absolute Gasteiger partial charge is 0.362 e. The van der Waals surface area contributed by atoms with Crippen molar-refractivity contribution in [3.05, 3.63) is 77.9 Å². The molecular formula is C15H9N5O8. The Labute approximate surface area is 154 Å². The van der Waals surface area contributed by atoms with Crippen LogP contribution in [0.5, 0.6) is 0 Å². The number of nitro benzene ring substituents is 3. The maximum atomic E-state index is 12.5. The molecule has 1 aliphatic heterocycles. The molecule has 13 nitrogen and oxygen atoms in total. The first kappa shape index (κ1) is 18.4. The van der Waals surface area contributed by atoms with Crippen molar-refractivity contribution < 1.29 is 24.4 Å². The molecule has 13 heteroatoms. The van der Waals surface area contributed by atoms with Gasteiger partial charge in [0.05, 0.1) is 33.1 Å². The number of benzene rings is 2. The Balaban J connectivity index is 1.88. The monoisotopic (exact) mass is 387 g/mol. The van der Waals surface area contributed by atoms with Crippen molar-refractivity contribution in [3.8, 4) is 0 Å². The van der Waals surface area contributed by atoms with Crippen molar-refractivity contribution >= 4 is 34.6 Å². The highest BCUT2D eigenvalue weighted by atomic mass is 16.6. The van der Waals surface area contributed by atoms with E-state index in [4.69, 9.17) is 0 Å². The standard InChI is InChI=1S/C15H9N5O8/c21-14-9-2-1-3-11(19(25)26)13(9)15(22)17(14)7-16-10-5-4-8(18(23)24)6-12(10)20(27)28/h1-6,16H,7H2. The fraction of sp³-hybridized carbons (Fsp3) is 0.0667. The molecule has 0 saturated heterocycles. The summed E-state index contributed by atoms with van der Waals surface area (Å²) in [4.78, 5) is 56.0. The van der Waals surface area contributed by atoms with Crippen LogP contribution in [0.1, 0.15) is 20.7 Å². The number of nitrogens with zero attached hydrogens (tertiary/aromatic N) is 4. The minimum atomic E-state index is -0.927. The molecule has 2 amide bonds. The summed E-state index contributed by atoms with van der Waals surface area (Å²) in [6, 6.07) is 6.42. The number of carbonyl (C=O) groups is 2. The maximum absolute atomic E-state index is 12.5. The van der Waals surface area contributed by atoms with Gasteiger partial charge >= 0.3 is 0 Å². The molecule has 0 atom stereocenters. The number of fused-ring (bicyclic) bond motifs is 1. The van der Waals surface area contributed by atoms with Gasteiger partial charge in [-0.1, -0.05) is 6.07 Å². The van der Waals surface area contributed by atoms with E-state index in [1.165, 1.54) is 12.1 Å². The molecule has 0 bridgehead atoms. The number of amides is 2. The van der Waals surface area contributed by atoms with Gasteiger partial charge in [0.2, 0.25) is 0 Å². The van der Waals surface area contributed by atoms with Gasteiger partial charge in [-0.25, -0.2) is 0 Å². The molecule has 142 valence electrons. The van der Waals surface area contributed by atoms with Gasteiger partial charge in [-0.3, -0.25) is 44.8 Å². The van der Waals surface area contributed by atoms with Crippen LogP contribution in [-0.4, -0.2) is 38.2 Å². The van der Waals surface area contributed by atoms with Gasteiger partial charge in [-0.2, -0.15) is 0 Å². The van der Waals surface area contributed by atoms with Crippen molar-refractivity contribution in [3.63, 3.8) is 0 Å². The van der Waals surface area contributed by atoms with Crippen LogP contribution < -0.4 is 5.32 Å². The average molecular weight is 387 g/mol. The molecule has 3 rings (SSSR count). The van der Waals surface area contributed by atoms with Crippen LogP contribution in [0.2, 0.25) is 0 Å². The number of nitrogens with one attached hydrogen (secondary N) is 1. The number of imide groups is 1. The molecular weight excluding hydrogens is 378 g/mol. The van der Waals surface area contributed by atoms with E-state index in [-0.39, 0.29) is 16.8 Å². The van der Waals surface area contributed by atoms with Crippen LogP contribution in [-0.2, 0) is 0 Å². The minimum absolute atomic E-state index is 0.154. The second-order valence-electron chi connectivity index (χ2n) is 5.55. The molecule has 0 radical (unpaired) electrons. The van der Waals surface area contributed by atoms with Gasteiger partial charge in [-0.05, 0) is 12.1 Å². The van der Waals surface area contributed by atoms with E-state index in [9.17, 15) is 39.9 Å². The predicted molar refractivity (Wildman–Crippen MR) is 91.8 cm³/mol. The number of hydrogen-bond donors (Lipinski definition) is 1. The number of non-ortho nitro benzene ring substituents is 1. The SMILES string of the molecule is O=C1c2cccc([N+](=O)[O-])c2C(=O)N1CNc1ccc([N+](=O)[O-])cc1[N+](=O)[O-]. The highest BCUT2D eigenvalue weighted by molar-refractivity contribution is 6.23. The van der Waals surface area contributed by atoms with Crippen LogP contribution in [0.15, 0.2) is 36.4 Å². The summed E-state index contributed by atoms with van der Waals surface area (Å²) in [7, 11) is 0. The van der Waals surface area contributed by atoms with Crippen molar-refractivity contribution in [2.24, 2.45) is 0 Å². The molecule has 0 unspecified atom stereocenters. The van der Waals surface area contributed by atoms with Crippen molar-refractivity contribution in [2.45, 2.75) is 0 Å². The Bertz CT molecular complexity index is 1070. The second-order valence-corrected chi connectivity index (χ2v) is 5.55. The van der Waals surface area contributed by atoms with E-state index in [1.54, 1.807) is 0 Å². The number of carbonyl (C=O) groups excluding carboxylic acids is 2. The molecule has 0 fully saturated rings. The molecule has 0 aromatic heterocycles. The summed E-state index contributed by atoms with van der Waals surface area (Å²) in [6.07, 6.45) is 0. The lowest BCUT2D eigenvalue weighted by Crippen LogP contribution is -2.34. The first-order valence-corrected chi connectivity index (χ1v) is 7.52. The Hall–Kier alpha value is -4.42. The number of hydrogen-bond acceptors (Lipinski definition) is 9. The lowest BCUT2D eigenvalue weighted by molar-refractivity contribution is -0.393. The fourth-order valence-corrected chi connectivity index (χ4v) is 2.71. The van der Waals surface area contributed by atoms with Crippen LogP contribution in [0.3, 0.4) is 0 Å². The molecule has 1 heterocycles. The molecule has 0 spiro atoms. The summed E-state index contributed by atoms with van der Waals surface area (Å²) in [5.74, 6) is -1.73. The molecule has 0 aliphatic carbocycles. The van der Waals surface area contributed by atoms with E-state index in [0.717, 1.165) is 24.3 Å². The highest BCUT2D eigenvalue weighted by Gasteiger charge is 2.40. The summed E-state index contributed by atoms with van der Waals surface area (Å²) in [5.41, 5.74) is -2.34. The summed E-state index contributed by atoms with van der Waals surface area (Å²) >= 11 is 0. The average Bonchev–Trinajstić information content (AvgIpc) is 2.90. The van der Waals surface area contributed by atoms with E-state index in [1.807, 2.05) is 0 Å². The topological polar surface area (TPSA) is 179 Å². The Morgan fingerprint density at radius 1 is 0.857 bits per heavy atom. The third-order valence-electron chi connectivity index (χ3n) is 3.99. The lowest BCUT2D eigenvalue weighted by atomic mass is 10.1.